The number of nitrogens with two attached hydrogens (primary N) is 1. The zero-order chi connectivity index (χ0) is 14.7. The summed E-state index contributed by atoms with van der Waals surface area (Å²) in [5, 5.41) is 2.45. The number of carbonyl (C=O) groups is 1. The van der Waals surface area contributed by atoms with E-state index in [9.17, 15) is 13.6 Å². The molecule has 6 heteroatoms. The van der Waals surface area contributed by atoms with Crippen LogP contribution < -0.4 is 15.8 Å². The molecular weight excluding hydrogens is 266 g/mol. The minimum absolute atomic E-state index is 0.315. The summed E-state index contributed by atoms with van der Waals surface area (Å²) in [7, 11) is 1.41. The van der Waals surface area contributed by atoms with E-state index in [-0.39, 0.29) is 5.56 Å². The van der Waals surface area contributed by atoms with Gasteiger partial charge in [0.1, 0.15) is 5.75 Å². The first-order valence-corrected chi connectivity index (χ1v) is 5.72. The summed E-state index contributed by atoms with van der Waals surface area (Å²) in [6, 6.07) is 7.97. The van der Waals surface area contributed by atoms with Crippen LogP contribution in [0.15, 0.2) is 36.4 Å². The van der Waals surface area contributed by atoms with E-state index in [0.717, 1.165) is 6.07 Å². The molecule has 0 bridgehead atoms. The van der Waals surface area contributed by atoms with Gasteiger partial charge < -0.3 is 15.8 Å². The Morgan fingerprint density at radius 3 is 2.70 bits per heavy atom. The lowest BCUT2D eigenvalue weighted by Crippen LogP contribution is -2.15. The summed E-state index contributed by atoms with van der Waals surface area (Å²) in [6.07, 6.45) is 0. The third-order valence-electron chi connectivity index (χ3n) is 2.67. The van der Waals surface area contributed by atoms with Crippen molar-refractivity contribution in [3.63, 3.8) is 0 Å². The molecule has 3 N–H and O–H groups in total. The number of rotatable bonds is 3. The normalized spacial score (nSPS) is 10.2. The van der Waals surface area contributed by atoms with Gasteiger partial charge in [0.05, 0.1) is 18.4 Å². The molecule has 0 fully saturated rings. The number of ether oxygens (including phenoxy) is 1. The number of amides is 1. The zero-order valence-corrected chi connectivity index (χ0v) is 10.6. The Morgan fingerprint density at radius 2 is 2.00 bits per heavy atom. The Kier molecular flexibility index (Phi) is 3.84. The predicted octanol–water partition coefficient (Wildman–Crippen LogP) is 2.81. The maximum atomic E-state index is 13.5. The summed E-state index contributed by atoms with van der Waals surface area (Å²) in [5.41, 5.74) is 5.97. The standard InChI is InChI=1S/C14H12F2N2O2/c1-20-12-7-8(17)5-6-11(12)18-14(19)9-3-2-4-10(15)13(9)16/h2-7H,17H2,1H3,(H,18,19). The smallest absolute Gasteiger partial charge is 0.258 e. The van der Waals surface area contributed by atoms with Crippen LogP contribution >= 0.6 is 0 Å². The fourth-order valence-electron chi connectivity index (χ4n) is 1.68. The first-order valence-electron chi connectivity index (χ1n) is 5.72. The van der Waals surface area contributed by atoms with Crippen LogP contribution in [-0.2, 0) is 0 Å². The Morgan fingerprint density at radius 1 is 1.25 bits per heavy atom. The van der Waals surface area contributed by atoms with Crippen molar-refractivity contribution in [2.45, 2.75) is 0 Å². The molecule has 20 heavy (non-hydrogen) atoms. The lowest BCUT2D eigenvalue weighted by Gasteiger charge is -2.11. The third kappa shape index (κ3) is 2.69. The highest BCUT2D eigenvalue weighted by Crippen LogP contribution is 2.27. The summed E-state index contributed by atoms with van der Waals surface area (Å²) in [6.45, 7) is 0. The van der Waals surface area contributed by atoms with Crippen molar-refractivity contribution in [2.24, 2.45) is 0 Å². The molecule has 2 aromatic carbocycles. The molecule has 0 aliphatic heterocycles. The molecule has 0 unspecified atom stereocenters. The van der Waals surface area contributed by atoms with Crippen LogP contribution in [0.1, 0.15) is 10.4 Å². The van der Waals surface area contributed by atoms with Gasteiger partial charge in [0.15, 0.2) is 11.6 Å². The molecule has 0 aliphatic rings. The van der Waals surface area contributed by atoms with E-state index in [2.05, 4.69) is 5.32 Å². The average Bonchev–Trinajstić information content (AvgIpc) is 2.43. The van der Waals surface area contributed by atoms with E-state index in [1.165, 1.54) is 31.4 Å². The largest absolute Gasteiger partial charge is 0.494 e. The van der Waals surface area contributed by atoms with Gasteiger partial charge >= 0.3 is 0 Å². The number of hydrogen-bond donors (Lipinski definition) is 2. The van der Waals surface area contributed by atoms with E-state index in [1.807, 2.05) is 0 Å². The number of benzene rings is 2. The molecule has 4 nitrogen and oxygen atoms in total. The van der Waals surface area contributed by atoms with Crippen LogP contribution in [0.5, 0.6) is 5.75 Å². The van der Waals surface area contributed by atoms with E-state index in [1.54, 1.807) is 6.07 Å². The maximum Gasteiger partial charge on any atom is 0.258 e. The molecule has 0 atom stereocenters. The molecule has 0 heterocycles. The number of carbonyl (C=O) groups excluding carboxylic acids is 1. The van der Waals surface area contributed by atoms with Crippen LogP contribution in [0.4, 0.5) is 20.2 Å². The van der Waals surface area contributed by atoms with Crippen LogP contribution in [0.3, 0.4) is 0 Å². The second kappa shape index (κ2) is 5.56. The highest BCUT2D eigenvalue weighted by Gasteiger charge is 2.16. The predicted molar refractivity (Wildman–Crippen MR) is 71.7 cm³/mol. The molecule has 2 aromatic rings. The molecule has 1 amide bonds. The quantitative estimate of drug-likeness (QED) is 0.848. The molecule has 0 aromatic heterocycles. The van der Waals surface area contributed by atoms with Crippen LogP contribution in [0.2, 0.25) is 0 Å². The number of nitrogen functional groups attached to an aromatic ring is 1. The number of nitrogens with one attached hydrogen (secondary N) is 1. The van der Waals surface area contributed by atoms with Gasteiger partial charge in [-0.25, -0.2) is 8.78 Å². The van der Waals surface area contributed by atoms with E-state index in [4.69, 9.17) is 10.5 Å². The van der Waals surface area contributed by atoms with Gasteiger partial charge in [0.2, 0.25) is 0 Å². The van der Waals surface area contributed by atoms with E-state index < -0.39 is 17.5 Å². The summed E-state index contributed by atoms with van der Waals surface area (Å²) in [4.78, 5) is 11.9. The van der Waals surface area contributed by atoms with Crippen LogP contribution in [-0.4, -0.2) is 13.0 Å². The lowest BCUT2D eigenvalue weighted by molar-refractivity contribution is 0.102. The zero-order valence-electron chi connectivity index (χ0n) is 10.6. The van der Waals surface area contributed by atoms with Crippen molar-refractivity contribution in [1.29, 1.82) is 0 Å². The SMILES string of the molecule is COc1cc(N)ccc1NC(=O)c1cccc(F)c1F. The maximum absolute atomic E-state index is 13.5. The molecule has 0 aliphatic carbocycles. The van der Waals surface area contributed by atoms with E-state index in [0.29, 0.717) is 17.1 Å². The molecule has 2 rings (SSSR count). The molecule has 0 radical (unpaired) electrons. The van der Waals surface area contributed by atoms with Gasteiger partial charge in [-0.05, 0) is 24.3 Å². The lowest BCUT2D eigenvalue weighted by atomic mass is 10.2. The monoisotopic (exact) mass is 278 g/mol. The van der Waals surface area contributed by atoms with Crippen molar-refractivity contribution < 1.29 is 18.3 Å². The topological polar surface area (TPSA) is 64.3 Å². The molecule has 104 valence electrons. The molecule has 0 spiro atoms. The average molecular weight is 278 g/mol. The highest BCUT2D eigenvalue weighted by molar-refractivity contribution is 6.05. The van der Waals surface area contributed by atoms with Gasteiger partial charge in [0, 0.05) is 11.8 Å². The van der Waals surface area contributed by atoms with Crippen molar-refractivity contribution in [2.75, 3.05) is 18.2 Å². The summed E-state index contributed by atoms with van der Waals surface area (Å²) >= 11 is 0. The van der Waals surface area contributed by atoms with Gasteiger partial charge in [-0.1, -0.05) is 6.07 Å². The minimum atomic E-state index is -1.19. The molecule has 0 saturated heterocycles. The molecule has 0 saturated carbocycles. The van der Waals surface area contributed by atoms with Crippen molar-refractivity contribution >= 4 is 17.3 Å². The Hall–Kier alpha value is -2.63. The number of hydrogen-bond acceptors (Lipinski definition) is 3. The number of halogens is 2. The van der Waals surface area contributed by atoms with E-state index >= 15 is 0 Å². The number of methoxy groups -OCH3 is 1. The Balaban J connectivity index is 2.30. The first kappa shape index (κ1) is 13.8. The fraction of sp³-hybridized carbons (Fsp3) is 0.0714. The van der Waals surface area contributed by atoms with Gasteiger partial charge in [-0.15, -0.1) is 0 Å². The van der Waals surface area contributed by atoms with Gasteiger partial charge in [0.25, 0.3) is 5.91 Å². The number of anilines is 2. The third-order valence-corrected chi connectivity index (χ3v) is 2.67. The van der Waals surface area contributed by atoms with Crippen LogP contribution in [0.25, 0.3) is 0 Å². The second-order valence-corrected chi connectivity index (χ2v) is 4.02. The fourth-order valence-corrected chi connectivity index (χ4v) is 1.68. The second-order valence-electron chi connectivity index (χ2n) is 4.02. The van der Waals surface area contributed by atoms with Crippen molar-refractivity contribution in [3.8, 4) is 5.75 Å². The minimum Gasteiger partial charge on any atom is -0.494 e. The Bertz CT molecular complexity index is 660. The van der Waals surface area contributed by atoms with Crippen molar-refractivity contribution in [1.82, 2.24) is 0 Å². The summed E-state index contributed by atoms with van der Waals surface area (Å²) < 4.78 is 31.6. The Labute approximate surface area is 114 Å². The van der Waals surface area contributed by atoms with Gasteiger partial charge in [-0.3, -0.25) is 4.79 Å². The highest BCUT2D eigenvalue weighted by atomic mass is 19.2. The summed E-state index contributed by atoms with van der Waals surface area (Å²) in [5.74, 6) is -2.72. The van der Waals surface area contributed by atoms with Gasteiger partial charge in [-0.2, -0.15) is 0 Å². The first-order chi connectivity index (χ1) is 9.52. The molecular formula is C14H12F2N2O2. The van der Waals surface area contributed by atoms with Crippen molar-refractivity contribution in [3.05, 3.63) is 53.6 Å². The van der Waals surface area contributed by atoms with Crippen LogP contribution in [0, 0.1) is 11.6 Å².